The Morgan fingerprint density at radius 3 is 2.78 bits per heavy atom. The Morgan fingerprint density at radius 2 is 2.22 bits per heavy atom. The molecule has 0 aliphatic rings. The first-order valence-corrected chi connectivity index (χ1v) is 6.43. The summed E-state index contributed by atoms with van der Waals surface area (Å²) in [5, 5.41) is 2.82. The van der Waals surface area contributed by atoms with E-state index in [0.717, 1.165) is 6.29 Å². The maximum Gasteiger partial charge on any atom is 0.166 e. The van der Waals surface area contributed by atoms with Gasteiger partial charge < -0.3 is 10.1 Å². The number of hydrogen-bond acceptors (Lipinski definition) is 3. The monoisotopic (exact) mass is 315 g/mol. The zero-order valence-electron chi connectivity index (χ0n) is 10.3. The summed E-state index contributed by atoms with van der Waals surface area (Å²) < 4.78 is 14.2. The Kier molecular flexibility index (Phi) is 5.47. The first-order chi connectivity index (χ1) is 8.51. The van der Waals surface area contributed by atoms with E-state index in [9.17, 15) is 14.0 Å². The van der Waals surface area contributed by atoms with Gasteiger partial charge in [-0.1, -0.05) is 6.92 Å². The van der Waals surface area contributed by atoms with E-state index in [1.807, 2.05) is 0 Å². The van der Waals surface area contributed by atoms with Crippen LogP contribution in [0.1, 0.15) is 30.1 Å². The summed E-state index contributed by atoms with van der Waals surface area (Å²) in [5.41, 5.74) is 0.642. The van der Waals surface area contributed by atoms with Crippen LogP contribution in [0.4, 0.5) is 10.1 Å². The molecular weight excluding hydrogens is 301 g/mol. The molecule has 0 amide bonds. The van der Waals surface area contributed by atoms with E-state index in [1.54, 1.807) is 20.0 Å². The molecule has 0 bridgehead atoms. The van der Waals surface area contributed by atoms with E-state index < -0.39 is 5.82 Å². The molecule has 0 aliphatic carbocycles. The second kappa shape index (κ2) is 6.64. The van der Waals surface area contributed by atoms with E-state index in [1.165, 1.54) is 6.07 Å². The summed E-state index contributed by atoms with van der Waals surface area (Å²) in [5.74, 6) is -0.924. The molecule has 0 radical (unpaired) electrons. The molecular formula is C13H15BrFNO2. The average molecular weight is 316 g/mol. The minimum atomic E-state index is -0.565. The molecule has 0 saturated carbocycles. The fourth-order valence-corrected chi connectivity index (χ4v) is 2.18. The van der Waals surface area contributed by atoms with Crippen LogP contribution < -0.4 is 5.32 Å². The maximum absolute atomic E-state index is 14.0. The zero-order valence-corrected chi connectivity index (χ0v) is 11.9. The van der Waals surface area contributed by atoms with Crippen molar-refractivity contribution in [2.75, 3.05) is 12.4 Å². The topological polar surface area (TPSA) is 46.2 Å². The number of benzene rings is 1. The van der Waals surface area contributed by atoms with Gasteiger partial charge in [0, 0.05) is 19.9 Å². The van der Waals surface area contributed by atoms with Crippen LogP contribution in [-0.4, -0.2) is 19.1 Å². The third-order valence-corrected chi connectivity index (χ3v) is 3.46. The van der Waals surface area contributed by atoms with E-state index in [2.05, 4.69) is 21.2 Å². The van der Waals surface area contributed by atoms with Gasteiger partial charge in [0.15, 0.2) is 5.78 Å². The van der Waals surface area contributed by atoms with Crippen molar-refractivity contribution < 1.29 is 14.0 Å². The highest BCUT2D eigenvalue weighted by molar-refractivity contribution is 9.10. The van der Waals surface area contributed by atoms with Crippen LogP contribution in [0.5, 0.6) is 0 Å². The Morgan fingerprint density at radius 1 is 1.56 bits per heavy atom. The number of anilines is 1. The van der Waals surface area contributed by atoms with E-state index in [-0.39, 0.29) is 28.2 Å². The van der Waals surface area contributed by atoms with Gasteiger partial charge in [-0.2, -0.15) is 0 Å². The lowest BCUT2D eigenvalue weighted by Gasteiger charge is -2.10. The molecule has 1 aromatic rings. The van der Waals surface area contributed by atoms with Gasteiger partial charge in [-0.3, -0.25) is 4.79 Å². The minimum absolute atomic E-state index is 0.0543. The number of aldehydes is 1. The Hall–Kier alpha value is -1.23. The second-order valence-corrected chi connectivity index (χ2v) is 4.97. The normalized spacial score (nSPS) is 12.0. The molecule has 0 spiro atoms. The molecule has 1 aromatic carbocycles. The summed E-state index contributed by atoms with van der Waals surface area (Å²) >= 11 is 3.11. The van der Waals surface area contributed by atoms with Crippen LogP contribution in [0.25, 0.3) is 0 Å². The summed E-state index contributed by atoms with van der Waals surface area (Å²) in [6.45, 7) is 1.79. The van der Waals surface area contributed by atoms with Crippen LogP contribution in [0.3, 0.4) is 0 Å². The number of halogens is 2. The van der Waals surface area contributed by atoms with Gasteiger partial charge in [0.1, 0.15) is 12.1 Å². The predicted octanol–water partition coefficient (Wildman–Crippen LogP) is 3.43. The molecule has 5 heteroatoms. The predicted molar refractivity (Wildman–Crippen MR) is 72.4 cm³/mol. The lowest BCUT2D eigenvalue weighted by atomic mass is 9.97. The molecule has 0 heterocycles. The van der Waals surface area contributed by atoms with Gasteiger partial charge in [0.2, 0.25) is 0 Å². The van der Waals surface area contributed by atoms with E-state index in [4.69, 9.17) is 0 Å². The number of rotatable bonds is 6. The molecule has 18 heavy (non-hydrogen) atoms. The second-order valence-electron chi connectivity index (χ2n) is 4.17. The van der Waals surface area contributed by atoms with Crippen LogP contribution in [0, 0.1) is 11.7 Å². The van der Waals surface area contributed by atoms with Crippen LogP contribution in [-0.2, 0) is 4.79 Å². The van der Waals surface area contributed by atoms with Crippen LogP contribution >= 0.6 is 15.9 Å². The van der Waals surface area contributed by atoms with Crippen molar-refractivity contribution in [2.24, 2.45) is 5.92 Å². The van der Waals surface area contributed by atoms with Crippen molar-refractivity contribution in [1.82, 2.24) is 0 Å². The Labute approximate surface area is 114 Å². The summed E-state index contributed by atoms with van der Waals surface area (Å²) in [7, 11) is 1.67. The first kappa shape index (κ1) is 14.8. The highest BCUT2D eigenvalue weighted by Crippen LogP contribution is 2.28. The summed E-state index contributed by atoms with van der Waals surface area (Å²) in [6.07, 6.45) is 1.25. The number of Topliss-reactive ketones (excluding diaryl/α,β-unsaturated/α-hetero) is 1. The van der Waals surface area contributed by atoms with Gasteiger partial charge in [0.05, 0.1) is 15.7 Å². The van der Waals surface area contributed by atoms with Crippen molar-refractivity contribution in [3.8, 4) is 0 Å². The third kappa shape index (κ3) is 3.38. The number of carbonyl (C=O) groups excluding carboxylic acids is 2. The number of nitrogens with one attached hydrogen (secondary N) is 1. The SMILES string of the molecule is CNc1ccc(C(=O)CC(C)CC=O)c(F)c1Br. The molecule has 1 unspecified atom stereocenters. The molecule has 1 rings (SSSR count). The minimum Gasteiger partial charge on any atom is -0.387 e. The maximum atomic E-state index is 14.0. The van der Waals surface area contributed by atoms with Gasteiger partial charge >= 0.3 is 0 Å². The fraction of sp³-hybridized carbons (Fsp3) is 0.385. The molecule has 0 aliphatic heterocycles. The van der Waals surface area contributed by atoms with Gasteiger partial charge in [-0.25, -0.2) is 4.39 Å². The summed E-state index contributed by atoms with van der Waals surface area (Å²) in [4.78, 5) is 22.2. The van der Waals surface area contributed by atoms with Crippen molar-refractivity contribution in [1.29, 1.82) is 0 Å². The van der Waals surface area contributed by atoms with Crippen LogP contribution in [0.2, 0.25) is 0 Å². The molecule has 98 valence electrons. The summed E-state index contributed by atoms with van der Waals surface area (Å²) in [6, 6.07) is 3.10. The highest BCUT2D eigenvalue weighted by atomic mass is 79.9. The highest BCUT2D eigenvalue weighted by Gasteiger charge is 2.18. The quantitative estimate of drug-likeness (QED) is 0.646. The molecule has 0 saturated heterocycles. The van der Waals surface area contributed by atoms with Crippen molar-refractivity contribution in [3.63, 3.8) is 0 Å². The van der Waals surface area contributed by atoms with E-state index in [0.29, 0.717) is 12.1 Å². The smallest absolute Gasteiger partial charge is 0.166 e. The Bertz CT molecular complexity index is 463. The zero-order chi connectivity index (χ0) is 13.7. The largest absolute Gasteiger partial charge is 0.387 e. The molecule has 1 atom stereocenters. The third-order valence-electron chi connectivity index (χ3n) is 2.68. The molecule has 0 aromatic heterocycles. The fourth-order valence-electron chi connectivity index (χ4n) is 1.63. The van der Waals surface area contributed by atoms with Crippen molar-refractivity contribution >= 4 is 33.7 Å². The standard InChI is InChI=1S/C13H15BrFNO2/c1-8(5-6-17)7-11(18)9-3-4-10(16-2)12(14)13(9)15/h3-4,6,8,16H,5,7H2,1-2H3. The number of hydrogen-bond donors (Lipinski definition) is 1. The van der Waals surface area contributed by atoms with Crippen molar-refractivity contribution in [3.05, 3.63) is 28.0 Å². The molecule has 1 N–H and O–H groups in total. The van der Waals surface area contributed by atoms with Gasteiger partial charge in [-0.15, -0.1) is 0 Å². The number of ketones is 1. The average Bonchev–Trinajstić information content (AvgIpc) is 2.32. The lowest BCUT2D eigenvalue weighted by molar-refractivity contribution is -0.108. The molecule has 0 fully saturated rings. The lowest BCUT2D eigenvalue weighted by Crippen LogP contribution is -2.09. The van der Waals surface area contributed by atoms with Gasteiger partial charge in [0.25, 0.3) is 0 Å². The molecule has 3 nitrogen and oxygen atoms in total. The van der Waals surface area contributed by atoms with Crippen molar-refractivity contribution in [2.45, 2.75) is 19.8 Å². The Balaban J connectivity index is 2.93. The van der Waals surface area contributed by atoms with Crippen LogP contribution in [0.15, 0.2) is 16.6 Å². The van der Waals surface area contributed by atoms with E-state index >= 15 is 0 Å². The van der Waals surface area contributed by atoms with Gasteiger partial charge in [-0.05, 0) is 34.0 Å². The first-order valence-electron chi connectivity index (χ1n) is 5.63. The number of carbonyl (C=O) groups is 2.